The van der Waals surface area contributed by atoms with Crippen molar-refractivity contribution in [2.75, 3.05) is 13.7 Å². The zero-order valence-electron chi connectivity index (χ0n) is 22.6. The van der Waals surface area contributed by atoms with Gasteiger partial charge in [-0.3, -0.25) is 4.79 Å². The Morgan fingerprint density at radius 1 is 1.19 bits per heavy atom. The Kier molecular flexibility index (Phi) is 13.5. The molecular formula is C29H49IO6. The highest BCUT2D eigenvalue weighted by atomic mass is 127. The van der Waals surface area contributed by atoms with Crippen molar-refractivity contribution in [3.8, 4) is 0 Å². The molecule has 0 aromatic rings. The van der Waals surface area contributed by atoms with Crippen LogP contribution in [0.15, 0.2) is 12.2 Å². The monoisotopic (exact) mass is 620 g/mol. The minimum absolute atomic E-state index is 0.0708. The highest BCUT2D eigenvalue weighted by Gasteiger charge is 2.50. The van der Waals surface area contributed by atoms with Crippen LogP contribution in [0.4, 0.5) is 0 Å². The molecule has 6 nitrogen and oxygen atoms in total. The van der Waals surface area contributed by atoms with Gasteiger partial charge >= 0.3 is 5.97 Å². The number of alkyl halides is 1. The first-order valence-electron chi connectivity index (χ1n) is 14.4. The van der Waals surface area contributed by atoms with Crippen molar-refractivity contribution in [1.82, 2.24) is 0 Å². The van der Waals surface area contributed by atoms with Crippen LogP contribution < -0.4 is 0 Å². The predicted octanol–water partition coefficient (Wildman–Crippen LogP) is 6.36. The quantitative estimate of drug-likeness (QED) is 0.0755. The molecule has 36 heavy (non-hydrogen) atoms. The number of methoxy groups -OCH3 is 1. The number of aliphatic hydroxyl groups is 1. The van der Waals surface area contributed by atoms with E-state index in [1.165, 1.54) is 32.8 Å². The Hall–Kier alpha value is -0.220. The van der Waals surface area contributed by atoms with Gasteiger partial charge in [0.2, 0.25) is 0 Å². The highest BCUT2D eigenvalue weighted by Crippen LogP contribution is 2.47. The van der Waals surface area contributed by atoms with Crippen LogP contribution in [-0.4, -0.2) is 59.4 Å². The molecule has 7 heteroatoms. The summed E-state index contributed by atoms with van der Waals surface area (Å²) in [6.07, 6.45) is 17.3. The van der Waals surface area contributed by atoms with Gasteiger partial charge in [0.25, 0.3) is 0 Å². The van der Waals surface area contributed by atoms with E-state index in [-0.39, 0.29) is 36.5 Å². The highest BCUT2D eigenvalue weighted by molar-refractivity contribution is 14.1. The van der Waals surface area contributed by atoms with Crippen molar-refractivity contribution in [3.05, 3.63) is 12.2 Å². The van der Waals surface area contributed by atoms with Crippen LogP contribution >= 0.6 is 22.6 Å². The van der Waals surface area contributed by atoms with Crippen molar-refractivity contribution < 1.29 is 28.8 Å². The van der Waals surface area contributed by atoms with Gasteiger partial charge in [0, 0.05) is 29.3 Å². The molecule has 0 bridgehead atoms. The molecule has 1 N–H and O–H groups in total. The Labute approximate surface area is 232 Å². The number of fused-ring (bicyclic) bond motifs is 1. The largest absolute Gasteiger partial charge is 0.469 e. The molecule has 3 rings (SSSR count). The number of hydrogen-bond acceptors (Lipinski definition) is 6. The third-order valence-corrected chi connectivity index (χ3v) is 9.60. The Morgan fingerprint density at radius 2 is 2.03 bits per heavy atom. The average molecular weight is 621 g/mol. The summed E-state index contributed by atoms with van der Waals surface area (Å²) in [6, 6.07) is 0. The van der Waals surface area contributed by atoms with E-state index in [1.807, 2.05) is 6.08 Å². The summed E-state index contributed by atoms with van der Waals surface area (Å²) < 4.78 is 24.1. The fourth-order valence-corrected chi connectivity index (χ4v) is 7.00. The Balaban J connectivity index is 1.57. The molecule has 9 atom stereocenters. The summed E-state index contributed by atoms with van der Waals surface area (Å²) >= 11 is 2.49. The lowest BCUT2D eigenvalue weighted by molar-refractivity contribution is -0.194. The second kappa shape index (κ2) is 16.0. The third kappa shape index (κ3) is 9.51. The zero-order valence-corrected chi connectivity index (χ0v) is 24.8. The van der Waals surface area contributed by atoms with Crippen molar-refractivity contribution in [1.29, 1.82) is 0 Å². The molecule has 2 aliphatic heterocycles. The standard InChI is InChI=1S/C29H49IO6/c1-4-5-6-10-20(2)17-21(31)14-15-22-23-18-27(24(30)11-9-12-28(32)33-3)35-26(23)19-25(22)36-29-13-7-8-16-34-29/h14-15,20-27,29,31H,4-13,16-19H2,1-3H3/t20-,21+,22+,23+,24?,25+,26+,27?,29?/m0/s1. The molecule has 3 aliphatic rings. The van der Waals surface area contributed by atoms with Crippen molar-refractivity contribution in [3.63, 3.8) is 0 Å². The Morgan fingerprint density at radius 3 is 2.75 bits per heavy atom. The van der Waals surface area contributed by atoms with Crippen LogP contribution in [0.25, 0.3) is 0 Å². The molecule has 2 heterocycles. The number of carbonyl (C=O) groups is 1. The summed E-state index contributed by atoms with van der Waals surface area (Å²) in [5.41, 5.74) is 0. The fourth-order valence-electron chi connectivity index (χ4n) is 6.09. The number of unbranched alkanes of at least 4 members (excludes halogenated alkanes) is 2. The van der Waals surface area contributed by atoms with Gasteiger partial charge in [0.15, 0.2) is 6.29 Å². The average Bonchev–Trinajstić information content (AvgIpc) is 3.41. The number of ether oxygens (including phenoxy) is 4. The molecule has 0 spiro atoms. The van der Waals surface area contributed by atoms with Gasteiger partial charge in [0.1, 0.15) is 0 Å². The number of halogens is 1. The molecule has 1 aliphatic carbocycles. The van der Waals surface area contributed by atoms with E-state index in [1.54, 1.807) is 0 Å². The van der Waals surface area contributed by atoms with Crippen molar-refractivity contribution >= 4 is 28.6 Å². The number of hydrogen-bond donors (Lipinski definition) is 1. The number of esters is 1. The first-order chi connectivity index (χ1) is 17.4. The molecule has 1 saturated carbocycles. The number of rotatable bonds is 15. The summed E-state index contributed by atoms with van der Waals surface area (Å²) in [4.78, 5) is 11.5. The van der Waals surface area contributed by atoms with Gasteiger partial charge in [-0.1, -0.05) is 74.3 Å². The molecule has 0 amide bonds. The van der Waals surface area contributed by atoms with E-state index in [4.69, 9.17) is 18.9 Å². The molecule has 3 unspecified atom stereocenters. The van der Waals surface area contributed by atoms with Gasteiger partial charge in [-0.25, -0.2) is 0 Å². The van der Waals surface area contributed by atoms with Gasteiger partial charge in [-0.15, -0.1) is 0 Å². The summed E-state index contributed by atoms with van der Waals surface area (Å²) in [5, 5.41) is 10.8. The van der Waals surface area contributed by atoms with E-state index in [0.29, 0.717) is 22.2 Å². The lowest BCUT2D eigenvalue weighted by Gasteiger charge is -2.30. The van der Waals surface area contributed by atoms with Crippen LogP contribution in [0.2, 0.25) is 0 Å². The van der Waals surface area contributed by atoms with Crippen LogP contribution in [0.5, 0.6) is 0 Å². The third-order valence-electron chi connectivity index (χ3n) is 8.18. The van der Waals surface area contributed by atoms with Crippen LogP contribution in [0.1, 0.15) is 97.3 Å². The van der Waals surface area contributed by atoms with Gasteiger partial charge in [-0.2, -0.15) is 0 Å². The van der Waals surface area contributed by atoms with Crippen molar-refractivity contribution in [2.45, 2.75) is 132 Å². The first-order valence-corrected chi connectivity index (χ1v) is 15.7. The number of carbonyl (C=O) groups excluding carboxylic acids is 1. The van der Waals surface area contributed by atoms with Gasteiger partial charge in [0.05, 0.1) is 31.5 Å². The van der Waals surface area contributed by atoms with Gasteiger partial charge < -0.3 is 24.1 Å². The zero-order chi connectivity index (χ0) is 25.9. The smallest absolute Gasteiger partial charge is 0.305 e. The maximum absolute atomic E-state index is 11.5. The molecule has 0 aromatic heterocycles. The van der Waals surface area contributed by atoms with Gasteiger partial charge in [-0.05, 0) is 56.8 Å². The second-order valence-corrected chi connectivity index (χ2v) is 12.8. The Bertz CT molecular complexity index is 666. The molecule has 0 aromatic carbocycles. The van der Waals surface area contributed by atoms with E-state index < -0.39 is 6.10 Å². The maximum Gasteiger partial charge on any atom is 0.305 e. The lowest BCUT2D eigenvalue weighted by atomic mass is 9.88. The summed E-state index contributed by atoms with van der Waals surface area (Å²) in [6.45, 7) is 5.26. The number of aliphatic hydroxyl groups excluding tert-OH is 1. The summed E-state index contributed by atoms with van der Waals surface area (Å²) in [5.74, 6) is 1.01. The van der Waals surface area contributed by atoms with Crippen molar-refractivity contribution in [2.24, 2.45) is 17.8 Å². The normalized spacial score (nSPS) is 32.9. The topological polar surface area (TPSA) is 74.2 Å². The second-order valence-electron chi connectivity index (χ2n) is 11.2. The summed E-state index contributed by atoms with van der Waals surface area (Å²) in [7, 11) is 1.44. The van der Waals surface area contributed by atoms with Crippen LogP contribution in [0, 0.1) is 17.8 Å². The van der Waals surface area contributed by atoms with E-state index in [9.17, 15) is 9.90 Å². The minimum atomic E-state index is -0.416. The maximum atomic E-state index is 11.5. The molecule has 0 radical (unpaired) electrons. The molecule has 3 fully saturated rings. The van der Waals surface area contributed by atoms with E-state index in [0.717, 1.165) is 58.0 Å². The minimum Gasteiger partial charge on any atom is -0.469 e. The first kappa shape index (κ1) is 30.3. The molecule has 2 saturated heterocycles. The van der Waals surface area contributed by atoms with E-state index >= 15 is 0 Å². The van der Waals surface area contributed by atoms with Crippen LogP contribution in [-0.2, 0) is 23.7 Å². The lowest BCUT2D eigenvalue weighted by Crippen LogP contribution is -2.32. The SMILES string of the molecule is CCCCC[C@H](C)C[C@H](O)C=C[C@@H]1[C@H]2CC(C(I)CCCC(=O)OC)O[C@@H]2C[C@H]1OC1CCCCO1. The van der Waals surface area contributed by atoms with E-state index in [2.05, 4.69) is 42.5 Å². The predicted molar refractivity (Wildman–Crippen MR) is 150 cm³/mol. The van der Waals surface area contributed by atoms with Crippen LogP contribution in [0.3, 0.4) is 0 Å². The fraction of sp³-hybridized carbons (Fsp3) is 0.897. The molecular weight excluding hydrogens is 571 g/mol. The molecule has 208 valence electrons.